The lowest BCUT2D eigenvalue weighted by atomic mass is 9.88. The molecule has 0 spiro atoms. The van der Waals surface area contributed by atoms with Crippen molar-refractivity contribution in [3.05, 3.63) is 70.8 Å². The summed E-state index contributed by atoms with van der Waals surface area (Å²) in [5.74, 6) is 0.177. The first-order chi connectivity index (χ1) is 26.2. The predicted molar refractivity (Wildman–Crippen MR) is 181 cm³/mol. The van der Waals surface area contributed by atoms with Crippen molar-refractivity contribution < 1.29 is 77.7 Å². The van der Waals surface area contributed by atoms with Gasteiger partial charge in [-0.05, 0) is 42.3 Å². The minimum absolute atomic E-state index is 0.00582. The van der Waals surface area contributed by atoms with Gasteiger partial charge in [-0.1, -0.05) is 12.1 Å². The molecule has 4 aliphatic rings. The molecule has 0 unspecified atom stereocenters. The topological polar surface area (TPSA) is 233 Å². The number of phenolic OH excluding ortho intramolecular Hbond substituents is 1. The lowest BCUT2D eigenvalue weighted by Gasteiger charge is -2.42. The van der Waals surface area contributed by atoms with Crippen LogP contribution in [0.4, 0.5) is 0 Å². The highest BCUT2D eigenvalue weighted by Crippen LogP contribution is 2.55. The smallest absolute Gasteiger partial charge is 0.317 e. The average Bonchev–Trinajstić information content (AvgIpc) is 3.76. The number of nitrogens with two attached hydrogens (primary N) is 1. The van der Waals surface area contributed by atoms with Gasteiger partial charge in [-0.2, -0.15) is 4.89 Å². The zero-order valence-corrected chi connectivity index (χ0v) is 29.0. The van der Waals surface area contributed by atoms with E-state index in [9.17, 15) is 24.9 Å². The third-order valence-electron chi connectivity index (χ3n) is 9.33. The van der Waals surface area contributed by atoms with Crippen LogP contribution in [0.1, 0.15) is 47.1 Å². The van der Waals surface area contributed by atoms with Crippen LogP contribution in [0.15, 0.2) is 48.5 Å². The molecule has 17 nitrogen and oxygen atoms in total. The fourth-order valence-corrected chi connectivity index (χ4v) is 6.81. The van der Waals surface area contributed by atoms with E-state index < -0.39 is 61.8 Å². The quantitative estimate of drug-likeness (QED) is 0.0461. The zero-order chi connectivity index (χ0) is 37.8. The van der Waals surface area contributed by atoms with Crippen LogP contribution in [-0.4, -0.2) is 109 Å². The summed E-state index contributed by atoms with van der Waals surface area (Å²) in [4.78, 5) is 35.1. The lowest BCUT2D eigenvalue weighted by Crippen LogP contribution is -2.61. The molecule has 7 atom stereocenters. The van der Waals surface area contributed by atoms with Crippen LogP contribution < -0.4 is 29.6 Å². The molecule has 17 heteroatoms. The van der Waals surface area contributed by atoms with E-state index in [1.165, 1.54) is 0 Å². The Hall–Kier alpha value is -4.88. The number of fused-ring (bicyclic) bond motifs is 6. The standard InChI is InChI=1S/C37H41NO16/c38-5-8-46-37-36(33(44)35(45-7-2-6-39)30(52-37)17-48-32(43)15-31(41)42)54-53-25-13-23-26(11-20(25)9-19-3-1-4-21(40)10-19)47-16-24-22-12-28-29(50-18-49-28)14-27(22)51-34(23)24/h1,3-4,10-14,24,30,33-37,39-40,44H,2,5-9,15-18,38H2,(H,41,42)/t24-,30-,33+,34+,35-,36+,37-/m1/s1. The number of ether oxygens (including phenoxy) is 8. The van der Waals surface area contributed by atoms with Gasteiger partial charge in [0.2, 0.25) is 6.79 Å². The van der Waals surface area contributed by atoms with Gasteiger partial charge < -0.3 is 68.9 Å². The molecule has 4 aliphatic heterocycles. The summed E-state index contributed by atoms with van der Waals surface area (Å²) in [6, 6.07) is 14.0. The van der Waals surface area contributed by atoms with E-state index in [2.05, 4.69) is 0 Å². The summed E-state index contributed by atoms with van der Waals surface area (Å²) in [7, 11) is 0. The molecule has 0 aromatic heterocycles. The number of rotatable bonds is 16. The molecule has 1 saturated heterocycles. The summed E-state index contributed by atoms with van der Waals surface area (Å²) in [5, 5.41) is 40.2. The molecule has 290 valence electrons. The first-order valence-electron chi connectivity index (χ1n) is 17.5. The Balaban J connectivity index is 1.17. The number of esters is 1. The number of benzene rings is 3. The number of aliphatic hydroxyl groups excluding tert-OH is 2. The first kappa shape index (κ1) is 37.4. The second kappa shape index (κ2) is 16.6. The molecule has 1 fully saturated rings. The fraction of sp³-hybridized carbons (Fsp3) is 0.459. The minimum atomic E-state index is -1.51. The highest BCUT2D eigenvalue weighted by Gasteiger charge is 2.49. The summed E-state index contributed by atoms with van der Waals surface area (Å²) in [6.07, 6.45) is -7.33. The number of aliphatic hydroxyl groups is 2. The van der Waals surface area contributed by atoms with Crippen molar-refractivity contribution >= 4 is 11.9 Å². The molecule has 3 aromatic rings. The lowest BCUT2D eigenvalue weighted by molar-refractivity contribution is -0.375. The van der Waals surface area contributed by atoms with E-state index in [1.807, 2.05) is 18.2 Å². The molecule has 7 rings (SSSR count). The Bertz CT molecular complexity index is 1820. The minimum Gasteiger partial charge on any atom is -0.508 e. The maximum Gasteiger partial charge on any atom is 0.317 e. The van der Waals surface area contributed by atoms with Crippen molar-refractivity contribution in [2.24, 2.45) is 5.73 Å². The third-order valence-corrected chi connectivity index (χ3v) is 9.33. The van der Waals surface area contributed by atoms with Crippen molar-refractivity contribution in [1.82, 2.24) is 0 Å². The highest BCUT2D eigenvalue weighted by atomic mass is 17.2. The molecule has 0 amide bonds. The van der Waals surface area contributed by atoms with Gasteiger partial charge in [-0.15, -0.1) is 0 Å². The number of hydrogen-bond acceptors (Lipinski definition) is 16. The van der Waals surface area contributed by atoms with Crippen LogP contribution in [0.2, 0.25) is 0 Å². The van der Waals surface area contributed by atoms with Gasteiger partial charge >= 0.3 is 11.9 Å². The normalized spacial score (nSPS) is 24.8. The van der Waals surface area contributed by atoms with E-state index in [1.54, 1.807) is 30.3 Å². The SMILES string of the molecule is NCCO[C@@H]1O[C@H](COC(=O)CC(=O)O)[C@@H](OCCCO)[C@H](O)[C@@H]1OOc1cc2c(cc1Cc1cccc(O)c1)OC[C@@H]1c3cc4c(cc3O[C@@H]21)OCO4. The van der Waals surface area contributed by atoms with Crippen LogP contribution in [0.3, 0.4) is 0 Å². The van der Waals surface area contributed by atoms with Crippen LogP contribution >= 0.6 is 0 Å². The summed E-state index contributed by atoms with van der Waals surface area (Å²) in [6.45, 7) is -0.145. The van der Waals surface area contributed by atoms with Gasteiger partial charge in [-0.25, -0.2) is 0 Å². The number of carboxylic acids is 1. The fourth-order valence-electron chi connectivity index (χ4n) is 6.81. The van der Waals surface area contributed by atoms with Crippen molar-refractivity contribution in [2.75, 3.05) is 46.4 Å². The van der Waals surface area contributed by atoms with Gasteiger partial charge in [-0.3, -0.25) is 9.59 Å². The maximum atomic E-state index is 12.1. The Kier molecular flexibility index (Phi) is 11.5. The van der Waals surface area contributed by atoms with Crippen molar-refractivity contribution in [1.29, 1.82) is 0 Å². The molecule has 0 bridgehead atoms. The van der Waals surface area contributed by atoms with Crippen molar-refractivity contribution in [3.63, 3.8) is 0 Å². The van der Waals surface area contributed by atoms with Crippen LogP contribution in [0.25, 0.3) is 0 Å². The van der Waals surface area contributed by atoms with E-state index in [4.69, 9.17) is 58.5 Å². The Morgan fingerprint density at radius 2 is 1.76 bits per heavy atom. The number of hydrogen-bond donors (Lipinski definition) is 5. The number of aromatic hydroxyl groups is 1. The molecule has 0 radical (unpaired) electrons. The average molecular weight is 756 g/mol. The maximum absolute atomic E-state index is 12.1. The van der Waals surface area contributed by atoms with E-state index in [0.717, 1.165) is 11.1 Å². The van der Waals surface area contributed by atoms with E-state index in [-0.39, 0.29) is 63.4 Å². The van der Waals surface area contributed by atoms with E-state index >= 15 is 0 Å². The van der Waals surface area contributed by atoms with Crippen LogP contribution in [0.5, 0.6) is 34.5 Å². The number of carboxylic acid groups (broad SMARTS) is 1. The van der Waals surface area contributed by atoms with Gasteiger partial charge in [0.25, 0.3) is 0 Å². The van der Waals surface area contributed by atoms with Gasteiger partial charge in [0.05, 0.1) is 19.1 Å². The highest BCUT2D eigenvalue weighted by molar-refractivity contribution is 5.90. The van der Waals surface area contributed by atoms with Crippen LogP contribution in [0, 0.1) is 0 Å². The number of carbonyl (C=O) groups excluding carboxylic acids is 1. The zero-order valence-electron chi connectivity index (χ0n) is 29.0. The van der Waals surface area contributed by atoms with Crippen molar-refractivity contribution in [2.45, 2.75) is 62.0 Å². The molecular weight excluding hydrogens is 714 g/mol. The summed E-state index contributed by atoms with van der Waals surface area (Å²) >= 11 is 0. The Morgan fingerprint density at radius 1 is 0.926 bits per heavy atom. The molecule has 3 aromatic carbocycles. The summed E-state index contributed by atoms with van der Waals surface area (Å²) in [5.41, 5.74) is 8.66. The second-order valence-corrected chi connectivity index (χ2v) is 13.0. The largest absolute Gasteiger partial charge is 0.508 e. The molecular formula is C37H41NO16. The molecule has 6 N–H and O–H groups in total. The second-order valence-electron chi connectivity index (χ2n) is 13.0. The number of phenols is 1. The first-order valence-corrected chi connectivity index (χ1v) is 17.5. The van der Waals surface area contributed by atoms with Crippen LogP contribution in [-0.2, 0) is 39.8 Å². The number of carbonyl (C=O) groups is 2. The molecule has 0 aliphatic carbocycles. The molecule has 54 heavy (non-hydrogen) atoms. The Labute approximate surface area is 308 Å². The molecule has 0 saturated carbocycles. The third kappa shape index (κ3) is 8.12. The van der Waals surface area contributed by atoms with Gasteiger partial charge in [0.1, 0.15) is 54.7 Å². The van der Waals surface area contributed by atoms with Gasteiger partial charge in [0.15, 0.2) is 29.6 Å². The predicted octanol–water partition coefficient (Wildman–Crippen LogP) is 1.85. The molecule has 4 heterocycles. The van der Waals surface area contributed by atoms with Gasteiger partial charge in [0, 0.05) is 48.9 Å². The monoisotopic (exact) mass is 755 g/mol. The summed E-state index contributed by atoms with van der Waals surface area (Å²) < 4.78 is 46.8. The van der Waals surface area contributed by atoms with E-state index in [0.29, 0.717) is 40.7 Å². The number of aliphatic carboxylic acids is 1. The Morgan fingerprint density at radius 3 is 2.54 bits per heavy atom. The van der Waals surface area contributed by atoms with Crippen molar-refractivity contribution in [3.8, 4) is 34.5 Å².